The van der Waals surface area contributed by atoms with Crippen molar-refractivity contribution in [1.29, 1.82) is 0 Å². The van der Waals surface area contributed by atoms with E-state index in [1.54, 1.807) is 18.5 Å². The predicted molar refractivity (Wildman–Crippen MR) is 102 cm³/mol. The molecule has 2 aromatic heterocycles. The highest BCUT2D eigenvalue weighted by Crippen LogP contribution is 2.23. The van der Waals surface area contributed by atoms with Gasteiger partial charge in [0.05, 0.1) is 5.52 Å². The van der Waals surface area contributed by atoms with Gasteiger partial charge in [0.2, 0.25) is 5.43 Å². The number of hydrogen-bond acceptors (Lipinski definition) is 3. The highest BCUT2D eigenvalue weighted by Gasteiger charge is 2.21. The van der Waals surface area contributed by atoms with E-state index in [1.807, 2.05) is 42.7 Å². The Labute approximate surface area is 151 Å². The van der Waals surface area contributed by atoms with Crippen molar-refractivity contribution >= 4 is 16.8 Å². The molecule has 1 aliphatic rings. The maximum absolute atomic E-state index is 12.8. The van der Waals surface area contributed by atoms with Gasteiger partial charge in [0, 0.05) is 42.5 Å². The van der Waals surface area contributed by atoms with Crippen LogP contribution in [0.15, 0.2) is 47.5 Å². The van der Waals surface area contributed by atoms with Crippen LogP contribution in [0, 0.1) is 6.92 Å². The van der Waals surface area contributed by atoms with Crippen LogP contribution in [0.4, 0.5) is 0 Å². The average Bonchev–Trinajstić information content (AvgIpc) is 3.04. The minimum Gasteiger partial charge on any atom is -0.349 e. The van der Waals surface area contributed by atoms with Crippen LogP contribution < -0.4 is 10.7 Å². The molecule has 5 heteroatoms. The summed E-state index contributed by atoms with van der Waals surface area (Å²) >= 11 is 0. The Morgan fingerprint density at radius 1 is 1.31 bits per heavy atom. The summed E-state index contributed by atoms with van der Waals surface area (Å²) in [6.45, 7) is 4.74. The van der Waals surface area contributed by atoms with Crippen LogP contribution in [0.1, 0.15) is 34.1 Å². The minimum atomic E-state index is -0.320. The number of nitrogens with one attached hydrogen (secondary N) is 1. The molecule has 0 aliphatic carbocycles. The molecule has 1 aliphatic heterocycles. The molecule has 5 nitrogen and oxygen atoms in total. The number of carbonyl (C=O) groups excluding carboxylic acids is 1. The Kier molecular flexibility index (Phi) is 4.07. The zero-order valence-electron chi connectivity index (χ0n) is 15.0. The minimum absolute atomic E-state index is 0.115. The number of aromatic nitrogens is 2. The lowest BCUT2D eigenvalue weighted by atomic mass is 10.1. The monoisotopic (exact) mass is 347 g/mol. The summed E-state index contributed by atoms with van der Waals surface area (Å²) in [7, 11) is 0. The maximum Gasteiger partial charge on any atom is 0.256 e. The highest BCUT2D eigenvalue weighted by molar-refractivity contribution is 5.98. The Hall–Kier alpha value is -2.95. The van der Waals surface area contributed by atoms with E-state index < -0.39 is 0 Å². The first-order valence-corrected chi connectivity index (χ1v) is 8.91. The lowest BCUT2D eigenvalue weighted by Crippen LogP contribution is -2.37. The fraction of sp³-hybridized carbons (Fsp3) is 0.286. The summed E-state index contributed by atoms with van der Waals surface area (Å²) in [5.41, 5.74) is 4.20. The molecule has 1 aromatic carbocycles. The third-order valence-electron chi connectivity index (χ3n) is 5.04. The van der Waals surface area contributed by atoms with Gasteiger partial charge in [0.1, 0.15) is 5.56 Å². The molecular formula is C21H21N3O2. The Morgan fingerprint density at radius 2 is 2.15 bits per heavy atom. The standard InChI is InChI=1S/C21H21N3O2/c1-13-5-4-9-22-18(13)11-14(2)23-21(26)17-12-24-10-8-15-6-3-7-16(19(15)24)20(17)25/h3-7,9,12,14H,8,10-11H2,1-2H3,(H,23,26)/t14-/m0/s1. The van der Waals surface area contributed by atoms with E-state index in [4.69, 9.17) is 0 Å². The van der Waals surface area contributed by atoms with E-state index in [2.05, 4.69) is 10.3 Å². The van der Waals surface area contributed by atoms with Crippen LogP contribution in [0.25, 0.3) is 10.9 Å². The molecule has 0 saturated heterocycles. The summed E-state index contributed by atoms with van der Waals surface area (Å²) in [6.07, 6.45) is 4.99. The van der Waals surface area contributed by atoms with Crippen molar-refractivity contribution in [2.75, 3.05) is 0 Å². The van der Waals surface area contributed by atoms with Crippen LogP contribution in [-0.2, 0) is 19.4 Å². The van der Waals surface area contributed by atoms with E-state index in [0.717, 1.165) is 29.7 Å². The number of hydrogen-bond donors (Lipinski definition) is 1. The van der Waals surface area contributed by atoms with Gasteiger partial charge in [-0.3, -0.25) is 14.6 Å². The summed E-state index contributed by atoms with van der Waals surface area (Å²) in [4.78, 5) is 29.9. The number of carbonyl (C=O) groups is 1. The quantitative estimate of drug-likeness (QED) is 0.789. The van der Waals surface area contributed by atoms with E-state index in [0.29, 0.717) is 11.8 Å². The van der Waals surface area contributed by atoms with Gasteiger partial charge in [-0.15, -0.1) is 0 Å². The molecule has 1 N–H and O–H groups in total. The first kappa shape index (κ1) is 16.5. The van der Waals surface area contributed by atoms with Crippen LogP contribution >= 0.6 is 0 Å². The Bertz CT molecular complexity index is 1070. The molecule has 0 fully saturated rings. The third kappa shape index (κ3) is 2.79. The Balaban J connectivity index is 1.61. The second-order valence-electron chi connectivity index (χ2n) is 6.97. The van der Waals surface area contributed by atoms with Gasteiger partial charge in [0.15, 0.2) is 0 Å². The molecule has 0 bridgehead atoms. The van der Waals surface area contributed by atoms with Gasteiger partial charge in [0.25, 0.3) is 5.91 Å². The first-order valence-electron chi connectivity index (χ1n) is 8.91. The van der Waals surface area contributed by atoms with Crippen molar-refractivity contribution in [1.82, 2.24) is 14.9 Å². The van der Waals surface area contributed by atoms with Crippen molar-refractivity contribution in [3.05, 3.63) is 75.3 Å². The fourth-order valence-electron chi connectivity index (χ4n) is 3.69. The van der Waals surface area contributed by atoms with Gasteiger partial charge < -0.3 is 9.88 Å². The van der Waals surface area contributed by atoms with Crippen LogP contribution in [0.2, 0.25) is 0 Å². The number of amides is 1. The molecule has 1 amide bonds. The predicted octanol–water partition coefficient (Wildman–Crippen LogP) is 2.62. The van der Waals surface area contributed by atoms with E-state index in [-0.39, 0.29) is 22.9 Å². The molecule has 26 heavy (non-hydrogen) atoms. The van der Waals surface area contributed by atoms with Crippen LogP contribution in [0.5, 0.6) is 0 Å². The van der Waals surface area contributed by atoms with Gasteiger partial charge in [-0.1, -0.05) is 18.2 Å². The number of pyridine rings is 2. The summed E-state index contributed by atoms with van der Waals surface area (Å²) < 4.78 is 2.02. The smallest absolute Gasteiger partial charge is 0.256 e. The van der Waals surface area contributed by atoms with Crippen molar-refractivity contribution in [3.8, 4) is 0 Å². The Morgan fingerprint density at radius 3 is 2.96 bits per heavy atom. The largest absolute Gasteiger partial charge is 0.349 e. The van der Waals surface area contributed by atoms with Gasteiger partial charge >= 0.3 is 0 Å². The van der Waals surface area contributed by atoms with Gasteiger partial charge in [-0.25, -0.2) is 0 Å². The van der Waals surface area contributed by atoms with Crippen molar-refractivity contribution < 1.29 is 4.79 Å². The molecule has 3 aromatic rings. The number of nitrogens with zero attached hydrogens (tertiary/aromatic N) is 2. The molecule has 0 spiro atoms. The summed E-state index contributed by atoms with van der Waals surface area (Å²) in [6, 6.07) is 9.53. The molecule has 3 heterocycles. The molecule has 1 atom stereocenters. The lowest BCUT2D eigenvalue weighted by Gasteiger charge is -2.15. The highest BCUT2D eigenvalue weighted by atomic mass is 16.2. The summed E-state index contributed by atoms with van der Waals surface area (Å²) in [5.74, 6) is -0.320. The molecule has 0 unspecified atom stereocenters. The third-order valence-corrected chi connectivity index (χ3v) is 5.04. The number of aryl methyl sites for hydroxylation is 3. The molecule has 0 saturated carbocycles. The molecule has 4 rings (SSSR count). The van der Waals surface area contributed by atoms with Gasteiger partial charge in [-0.05, 0) is 43.5 Å². The van der Waals surface area contributed by atoms with E-state index in [1.165, 1.54) is 5.56 Å². The topological polar surface area (TPSA) is 64.0 Å². The number of para-hydroxylation sites is 1. The second kappa shape index (κ2) is 6.41. The van der Waals surface area contributed by atoms with Crippen LogP contribution in [-0.4, -0.2) is 21.5 Å². The van der Waals surface area contributed by atoms with Crippen molar-refractivity contribution in [3.63, 3.8) is 0 Å². The second-order valence-corrected chi connectivity index (χ2v) is 6.97. The maximum atomic E-state index is 12.8. The van der Waals surface area contributed by atoms with E-state index in [9.17, 15) is 9.59 Å². The zero-order chi connectivity index (χ0) is 18.3. The van der Waals surface area contributed by atoms with Crippen molar-refractivity contribution in [2.45, 2.75) is 39.3 Å². The lowest BCUT2D eigenvalue weighted by molar-refractivity contribution is 0.0938. The zero-order valence-corrected chi connectivity index (χ0v) is 15.0. The fourth-order valence-corrected chi connectivity index (χ4v) is 3.69. The van der Waals surface area contributed by atoms with Crippen LogP contribution in [0.3, 0.4) is 0 Å². The SMILES string of the molecule is Cc1cccnc1C[C@H](C)NC(=O)c1cn2c3c(cccc3c1=O)CC2. The summed E-state index contributed by atoms with van der Waals surface area (Å²) in [5, 5.41) is 3.58. The normalized spacial score (nSPS) is 13.8. The van der Waals surface area contributed by atoms with E-state index >= 15 is 0 Å². The number of benzene rings is 1. The molecule has 132 valence electrons. The molecular weight excluding hydrogens is 326 g/mol. The average molecular weight is 347 g/mol. The van der Waals surface area contributed by atoms with Crippen molar-refractivity contribution in [2.24, 2.45) is 0 Å². The number of rotatable bonds is 4. The molecule has 0 radical (unpaired) electrons. The first-order chi connectivity index (χ1) is 12.5. The van der Waals surface area contributed by atoms with Gasteiger partial charge in [-0.2, -0.15) is 0 Å².